The SMILES string of the molecule is CC\C=C/C(=C\C(=C(/C)OC)C(C)(C)CC)C(N)=C(C)C(=NC1=CCC=CC=C1)NC(=O)N[C@@H](CO)CNCCOC. The van der Waals surface area contributed by atoms with Crippen LogP contribution in [0.5, 0.6) is 0 Å². The molecule has 0 aromatic carbocycles. The Bertz CT molecular complexity index is 1120. The van der Waals surface area contributed by atoms with Gasteiger partial charge >= 0.3 is 6.03 Å². The number of amides is 2. The minimum atomic E-state index is -0.505. The van der Waals surface area contributed by atoms with Crippen molar-refractivity contribution in [3.63, 3.8) is 0 Å². The zero-order valence-electron chi connectivity index (χ0n) is 26.8. The Balaban J connectivity index is 3.60. The molecule has 0 aliphatic heterocycles. The predicted molar refractivity (Wildman–Crippen MR) is 174 cm³/mol. The Morgan fingerprint density at radius 1 is 1.24 bits per heavy atom. The largest absolute Gasteiger partial charge is 0.501 e. The summed E-state index contributed by atoms with van der Waals surface area (Å²) in [7, 11) is 3.29. The molecule has 0 saturated heterocycles. The van der Waals surface area contributed by atoms with E-state index in [1.807, 2.05) is 56.4 Å². The molecule has 1 aliphatic carbocycles. The summed E-state index contributed by atoms with van der Waals surface area (Å²) in [4.78, 5) is 17.9. The number of carbonyl (C=O) groups excluding carboxylic acids is 1. The van der Waals surface area contributed by atoms with Gasteiger partial charge in [0.2, 0.25) is 0 Å². The molecule has 1 atom stereocenters. The summed E-state index contributed by atoms with van der Waals surface area (Å²) in [5.41, 5.74) is 10.3. The zero-order chi connectivity index (χ0) is 31.5. The van der Waals surface area contributed by atoms with Crippen LogP contribution in [0, 0.1) is 5.41 Å². The van der Waals surface area contributed by atoms with Crippen LogP contribution in [0.15, 0.2) is 87.5 Å². The van der Waals surface area contributed by atoms with Crippen LogP contribution in [0.1, 0.15) is 60.8 Å². The first-order valence-electron chi connectivity index (χ1n) is 14.6. The van der Waals surface area contributed by atoms with E-state index in [0.717, 1.165) is 29.7 Å². The van der Waals surface area contributed by atoms with E-state index in [4.69, 9.17) is 20.2 Å². The zero-order valence-corrected chi connectivity index (χ0v) is 26.8. The van der Waals surface area contributed by atoms with Crippen LogP contribution in [0.2, 0.25) is 0 Å². The van der Waals surface area contributed by atoms with Gasteiger partial charge in [0.25, 0.3) is 0 Å². The highest BCUT2D eigenvalue weighted by atomic mass is 16.5. The van der Waals surface area contributed by atoms with Gasteiger partial charge in [-0.25, -0.2) is 9.79 Å². The molecule has 0 saturated carbocycles. The number of aliphatic imine (C=N–C) groups is 1. The lowest BCUT2D eigenvalue weighted by atomic mass is 9.79. The van der Waals surface area contributed by atoms with Gasteiger partial charge in [-0.15, -0.1) is 0 Å². The first-order chi connectivity index (χ1) is 20.0. The molecule has 9 heteroatoms. The van der Waals surface area contributed by atoms with E-state index in [9.17, 15) is 9.90 Å². The number of hydrogen-bond donors (Lipinski definition) is 5. The summed E-state index contributed by atoms with van der Waals surface area (Å²) in [5, 5.41) is 18.7. The van der Waals surface area contributed by atoms with E-state index in [1.54, 1.807) is 14.2 Å². The summed E-state index contributed by atoms with van der Waals surface area (Å²) in [5.74, 6) is 1.13. The third-order valence-electron chi connectivity index (χ3n) is 7.08. The first kappa shape index (κ1) is 36.6. The molecular formula is C33H53N5O4. The average Bonchev–Trinajstić information content (AvgIpc) is 3.25. The van der Waals surface area contributed by atoms with Crippen LogP contribution in [-0.4, -0.2) is 63.5 Å². The molecule has 0 aromatic rings. The van der Waals surface area contributed by atoms with Crippen molar-refractivity contribution in [1.29, 1.82) is 0 Å². The highest BCUT2D eigenvalue weighted by Gasteiger charge is 2.24. The van der Waals surface area contributed by atoms with Crippen molar-refractivity contribution >= 4 is 11.9 Å². The molecule has 1 rings (SSSR count). The standard InChI is InChI=1S/C33H53N5O4/c1-9-11-16-26(21-29(25(4)42-8)33(5,6)10-2)30(34)24(3)31(36-27-17-14-12-13-15-18-27)38-32(40)37-28(23-39)22-35-19-20-41-7/h11-14,16-18,21,28,35,39H,9-10,15,19-20,22-23,34H2,1-8H3,(H2,36,37,38,40)/b16-11-,26-21+,29-25-,30-24?/t28-/m1/s1. The molecule has 6 N–H and O–H groups in total. The maximum atomic E-state index is 13.1. The van der Waals surface area contributed by atoms with Gasteiger partial charge in [-0.3, -0.25) is 5.32 Å². The number of aliphatic hydroxyl groups is 1. The quantitative estimate of drug-likeness (QED) is 0.0561. The fourth-order valence-corrected chi connectivity index (χ4v) is 3.96. The number of amidine groups is 1. The van der Waals surface area contributed by atoms with E-state index < -0.39 is 12.1 Å². The minimum absolute atomic E-state index is 0.159. The highest BCUT2D eigenvalue weighted by Crippen LogP contribution is 2.35. The van der Waals surface area contributed by atoms with Gasteiger partial charge in [-0.2, -0.15) is 0 Å². The summed E-state index contributed by atoms with van der Waals surface area (Å²) < 4.78 is 10.7. The van der Waals surface area contributed by atoms with Crippen LogP contribution in [0.25, 0.3) is 0 Å². The molecule has 0 spiro atoms. The number of methoxy groups -OCH3 is 2. The molecule has 2 amide bonds. The van der Waals surface area contributed by atoms with Crippen molar-refractivity contribution in [3.05, 3.63) is 82.5 Å². The summed E-state index contributed by atoms with van der Waals surface area (Å²) in [6.45, 7) is 13.6. The molecule has 0 fully saturated rings. The van der Waals surface area contributed by atoms with Crippen molar-refractivity contribution in [2.75, 3.05) is 40.5 Å². The van der Waals surface area contributed by atoms with E-state index in [1.165, 1.54) is 0 Å². The van der Waals surface area contributed by atoms with Crippen LogP contribution in [0.4, 0.5) is 4.79 Å². The van der Waals surface area contributed by atoms with Crippen molar-refractivity contribution in [3.8, 4) is 0 Å². The number of ether oxygens (including phenoxy) is 2. The molecule has 1 aliphatic rings. The molecule has 0 unspecified atom stereocenters. The first-order valence-corrected chi connectivity index (χ1v) is 14.6. The van der Waals surface area contributed by atoms with E-state index >= 15 is 0 Å². The number of aliphatic hydroxyl groups excluding tert-OH is 1. The Kier molecular flexibility index (Phi) is 17.2. The monoisotopic (exact) mass is 583 g/mol. The Hall–Kier alpha value is -3.40. The molecule has 42 heavy (non-hydrogen) atoms. The average molecular weight is 584 g/mol. The third kappa shape index (κ3) is 12.6. The minimum Gasteiger partial charge on any atom is -0.501 e. The number of nitrogens with zero attached hydrogens (tertiary/aromatic N) is 1. The van der Waals surface area contributed by atoms with Gasteiger partial charge < -0.3 is 30.9 Å². The van der Waals surface area contributed by atoms with E-state index in [2.05, 4.69) is 49.7 Å². The fourth-order valence-electron chi connectivity index (χ4n) is 3.96. The smallest absolute Gasteiger partial charge is 0.320 e. The Morgan fingerprint density at radius 3 is 2.60 bits per heavy atom. The normalized spacial score (nSPS) is 16.5. The summed E-state index contributed by atoms with van der Waals surface area (Å²) in [6, 6.07) is -1.00. The Labute approximate surface area is 253 Å². The molecule has 234 valence electrons. The fraction of sp³-hybridized carbons (Fsp3) is 0.515. The number of nitrogens with two attached hydrogens (primary N) is 1. The summed E-state index contributed by atoms with van der Waals surface area (Å²) >= 11 is 0. The second-order valence-corrected chi connectivity index (χ2v) is 10.6. The van der Waals surface area contributed by atoms with Gasteiger partial charge in [-0.05, 0) is 61.8 Å². The van der Waals surface area contributed by atoms with Crippen molar-refractivity contribution in [1.82, 2.24) is 16.0 Å². The lowest BCUT2D eigenvalue weighted by molar-refractivity contribution is 0.192. The molecule has 9 nitrogen and oxygen atoms in total. The number of urea groups is 1. The van der Waals surface area contributed by atoms with Crippen molar-refractivity contribution in [2.24, 2.45) is 16.1 Å². The van der Waals surface area contributed by atoms with Crippen LogP contribution >= 0.6 is 0 Å². The number of rotatable bonds is 16. The second-order valence-electron chi connectivity index (χ2n) is 10.6. The lowest BCUT2D eigenvalue weighted by Gasteiger charge is -2.27. The highest BCUT2D eigenvalue weighted by molar-refractivity contribution is 6.08. The molecule has 0 aromatic heterocycles. The van der Waals surface area contributed by atoms with E-state index in [0.29, 0.717) is 48.9 Å². The number of hydrogen-bond acceptors (Lipinski definition) is 7. The molecular weight excluding hydrogens is 530 g/mol. The van der Waals surface area contributed by atoms with Crippen LogP contribution < -0.4 is 21.7 Å². The van der Waals surface area contributed by atoms with Gasteiger partial charge in [0.15, 0.2) is 0 Å². The molecule has 0 radical (unpaired) electrons. The van der Waals surface area contributed by atoms with E-state index in [-0.39, 0.29) is 12.0 Å². The van der Waals surface area contributed by atoms with Crippen molar-refractivity contribution < 1.29 is 19.4 Å². The van der Waals surface area contributed by atoms with Gasteiger partial charge in [0.1, 0.15) is 5.84 Å². The lowest BCUT2D eigenvalue weighted by Crippen LogP contribution is -2.50. The maximum absolute atomic E-state index is 13.1. The predicted octanol–water partition coefficient (Wildman–Crippen LogP) is 5.16. The van der Waals surface area contributed by atoms with Crippen LogP contribution in [-0.2, 0) is 9.47 Å². The number of allylic oxidation sites excluding steroid dienone is 10. The maximum Gasteiger partial charge on any atom is 0.320 e. The molecule has 0 heterocycles. The van der Waals surface area contributed by atoms with Crippen LogP contribution in [0.3, 0.4) is 0 Å². The topological polar surface area (TPSA) is 130 Å². The number of nitrogens with one attached hydrogen (secondary N) is 3. The van der Waals surface area contributed by atoms with Gasteiger partial charge in [0.05, 0.1) is 37.8 Å². The Morgan fingerprint density at radius 2 is 1.98 bits per heavy atom. The third-order valence-corrected chi connectivity index (χ3v) is 7.08. The second kappa shape index (κ2) is 19.7. The number of carbonyl (C=O) groups is 1. The summed E-state index contributed by atoms with van der Waals surface area (Å²) in [6.07, 6.45) is 18.3. The molecule has 0 bridgehead atoms. The van der Waals surface area contributed by atoms with Crippen molar-refractivity contribution in [2.45, 2.75) is 66.8 Å². The van der Waals surface area contributed by atoms with Gasteiger partial charge in [0, 0.05) is 31.5 Å². The van der Waals surface area contributed by atoms with Gasteiger partial charge in [-0.1, -0.05) is 64.2 Å².